The normalized spacial score (nSPS) is 10.9. The Labute approximate surface area is 178 Å². The summed E-state index contributed by atoms with van der Waals surface area (Å²) in [5.74, 6) is -0.145. The first kappa shape index (κ1) is 21.4. The van der Waals surface area contributed by atoms with Crippen LogP contribution in [0.4, 0.5) is 0 Å². The van der Waals surface area contributed by atoms with Crippen LogP contribution in [0.3, 0.4) is 0 Å². The largest absolute Gasteiger partial charge is 0.465 e. The highest BCUT2D eigenvalue weighted by Gasteiger charge is 2.12. The quantitative estimate of drug-likeness (QED) is 0.467. The molecule has 0 radical (unpaired) electrons. The van der Waals surface area contributed by atoms with Gasteiger partial charge < -0.3 is 15.0 Å². The number of esters is 1. The van der Waals surface area contributed by atoms with E-state index in [-0.39, 0.29) is 22.7 Å². The van der Waals surface area contributed by atoms with Crippen LogP contribution in [0.1, 0.15) is 29.8 Å². The van der Waals surface area contributed by atoms with Crippen LogP contribution in [-0.4, -0.2) is 35.1 Å². The van der Waals surface area contributed by atoms with Crippen molar-refractivity contribution in [2.45, 2.75) is 20.3 Å². The lowest BCUT2D eigenvalue weighted by Crippen LogP contribution is -2.28. The van der Waals surface area contributed by atoms with Crippen LogP contribution in [-0.2, 0) is 16.0 Å². The van der Waals surface area contributed by atoms with Crippen molar-refractivity contribution >= 4 is 35.0 Å². The van der Waals surface area contributed by atoms with Gasteiger partial charge >= 0.3 is 5.97 Å². The highest BCUT2D eigenvalue weighted by atomic mass is 32.1. The third-order valence-electron chi connectivity index (χ3n) is 4.59. The molecule has 0 saturated carbocycles. The molecule has 2 aromatic carbocycles. The van der Waals surface area contributed by atoms with Crippen LogP contribution in [0.2, 0.25) is 0 Å². The number of ether oxygens (including phenoxy) is 1. The number of hydrogen-bond acceptors (Lipinski definition) is 5. The lowest BCUT2D eigenvalue weighted by atomic mass is 10.1. The number of fused-ring (bicyclic) bond motifs is 1. The maximum absolute atomic E-state index is 13.0. The number of amides is 1. The van der Waals surface area contributed by atoms with E-state index < -0.39 is 5.97 Å². The van der Waals surface area contributed by atoms with Crippen LogP contribution < -0.4 is 10.9 Å². The van der Waals surface area contributed by atoms with E-state index in [0.717, 1.165) is 5.56 Å². The summed E-state index contributed by atoms with van der Waals surface area (Å²) in [4.78, 5) is 39.7. The molecule has 1 aromatic heterocycles. The topological polar surface area (TPSA) is 93.2 Å². The van der Waals surface area contributed by atoms with Crippen molar-refractivity contribution in [1.82, 2.24) is 14.9 Å². The van der Waals surface area contributed by atoms with Crippen LogP contribution in [0.15, 0.2) is 47.3 Å². The van der Waals surface area contributed by atoms with Crippen molar-refractivity contribution in [3.05, 3.63) is 68.7 Å². The third-order valence-corrected chi connectivity index (χ3v) is 4.87. The highest BCUT2D eigenvalue weighted by molar-refractivity contribution is 7.71. The van der Waals surface area contributed by atoms with Crippen molar-refractivity contribution in [2.24, 2.45) is 5.92 Å². The lowest BCUT2D eigenvalue weighted by molar-refractivity contribution is -0.120. The summed E-state index contributed by atoms with van der Waals surface area (Å²) in [5, 5.41) is 3.28. The Morgan fingerprint density at radius 2 is 1.87 bits per heavy atom. The molecule has 1 amide bonds. The van der Waals surface area contributed by atoms with Crippen molar-refractivity contribution in [1.29, 1.82) is 0 Å². The number of methoxy groups -OCH3 is 1. The molecular formula is C22H23N3O4S. The number of rotatable bonds is 6. The van der Waals surface area contributed by atoms with E-state index >= 15 is 0 Å². The molecule has 30 heavy (non-hydrogen) atoms. The molecule has 1 heterocycles. The van der Waals surface area contributed by atoms with Crippen molar-refractivity contribution in [3.8, 4) is 5.69 Å². The van der Waals surface area contributed by atoms with Crippen molar-refractivity contribution in [2.75, 3.05) is 13.7 Å². The van der Waals surface area contributed by atoms with Gasteiger partial charge in [-0.2, -0.15) is 0 Å². The Bertz CT molecular complexity index is 1210. The molecule has 3 aromatic rings. The van der Waals surface area contributed by atoms with Gasteiger partial charge in [-0.05, 0) is 54.0 Å². The highest BCUT2D eigenvalue weighted by Crippen LogP contribution is 2.15. The predicted octanol–water partition coefficient (Wildman–Crippen LogP) is 3.15. The number of nitrogens with one attached hydrogen (secondary N) is 2. The number of hydrogen-bond donors (Lipinski definition) is 2. The van der Waals surface area contributed by atoms with Crippen LogP contribution in [0.5, 0.6) is 0 Å². The van der Waals surface area contributed by atoms with Crippen molar-refractivity contribution in [3.63, 3.8) is 0 Å². The van der Waals surface area contributed by atoms with Crippen LogP contribution in [0.25, 0.3) is 16.6 Å². The van der Waals surface area contributed by atoms with E-state index in [1.54, 1.807) is 36.4 Å². The minimum Gasteiger partial charge on any atom is -0.465 e. The molecular weight excluding hydrogens is 402 g/mol. The summed E-state index contributed by atoms with van der Waals surface area (Å²) in [6, 6.07) is 11.8. The predicted molar refractivity (Wildman–Crippen MR) is 118 cm³/mol. The molecule has 0 saturated heterocycles. The van der Waals surface area contributed by atoms with Gasteiger partial charge in [0.15, 0.2) is 4.77 Å². The van der Waals surface area contributed by atoms with Crippen LogP contribution in [0, 0.1) is 10.7 Å². The summed E-state index contributed by atoms with van der Waals surface area (Å²) >= 11 is 5.38. The zero-order valence-corrected chi connectivity index (χ0v) is 17.8. The van der Waals surface area contributed by atoms with Gasteiger partial charge in [0, 0.05) is 6.54 Å². The fraction of sp³-hybridized carbons (Fsp3) is 0.273. The first-order valence-electron chi connectivity index (χ1n) is 9.53. The summed E-state index contributed by atoms with van der Waals surface area (Å²) in [7, 11) is 1.30. The monoisotopic (exact) mass is 425 g/mol. The van der Waals surface area contributed by atoms with E-state index in [2.05, 4.69) is 10.3 Å². The molecule has 0 atom stereocenters. The van der Waals surface area contributed by atoms with E-state index in [9.17, 15) is 14.4 Å². The molecule has 0 spiro atoms. The van der Waals surface area contributed by atoms with Gasteiger partial charge in [0.1, 0.15) is 0 Å². The number of aromatic amines is 1. The number of aromatic nitrogens is 2. The zero-order valence-electron chi connectivity index (χ0n) is 17.0. The van der Waals surface area contributed by atoms with E-state index in [0.29, 0.717) is 34.6 Å². The maximum Gasteiger partial charge on any atom is 0.337 e. The average Bonchev–Trinajstić information content (AvgIpc) is 2.72. The van der Waals surface area contributed by atoms with E-state index in [4.69, 9.17) is 17.0 Å². The van der Waals surface area contributed by atoms with Gasteiger partial charge in [0.25, 0.3) is 5.56 Å². The molecule has 0 fully saturated rings. The second-order valence-corrected chi connectivity index (χ2v) is 7.75. The second kappa shape index (κ2) is 9.04. The Morgan fingerprint density at radius 3 is 2.50 bits per heavy atom. The minimum absolute atomic E-state index is 0.0435. The maximum atomic E-state index is 13.0. The molecule has 0 aliphatic heterocycles. The Hall–Kier alpha value is -3.26. The molecule has 3 rings (SSSR count). The van der Waals surface area contributed by atoms with Gasteiger partial charge in [-0.3, -0.25) is 14.2 Å². The molecule has 0 aliphatic carbocycles. The van der Waals surface area contributed by atoms with Gasteiger partial charge in [-0.25, -0.2) is 4.79 Å². The van der Waals surface area contributed by atoms with Gasteiger partial charge in [0.2, 0.25) is 5.91 Å². The average molecular weight is 426 g/mol. The Kier molecular flexibility index (Phi) is 6.47. The van der Waals surface area contributed by atoms with Gasteiger partial charge in [0.05, 0.1) is 35.7 Å². The zero-order chi connectivity index (χ0) is 21.8. The summed E-state index contributed by atoms with van der Waals surface area (Å²) < 4.78 is 6.31. The Balaban J connectivity index is 1.91. The first-order chi connectivity index (χ1) is 14.3. The number of carbonyl (C=O) groups is 2. The molecule has 156 valence electrons. The fourth-order valence-corrected chi connectivity index (χ4v) is 3.32. The number of H-pyrrole nitrogens is 1. The van der Waals surface area contributed by atoms with E-state index in [1.165, 1.54) is 17.7 Å². The van der Waals surface area contributed by atoms with Crippen LogP contribution >= 0.6 is 12.2 Å². The molecule has 0 bridgehead atoms. The van der Waals surface area contributed by atoms with Gasteiger partial charge in [-0.1, -0.05) is 26.0 Å². The number of carbonyl (C=O) groups excluding carboxylic acids is 2. The molecule has 7 nitrogen and oxygen atoms in total. The van der Waals surface area contributed by atoms with E-state index in [1.807, 2.05) is 13.8 Å². The first-order valence-corrected chi connectivity index (χ1v) is 9.94. The minimum atomic E-state index is -0.492. The molecule has 0 unspecified atom stereocenters. The fourth-order valence-electron chi connectivity index (χ4n) is 3.03. The second-order valence-electron chi connectivity index (χ2n) is 7.36. The number of nitrogens with zero attached hydrogens (tertiary/aromatic N) is 1. The molecule has 2 N–H and O–H groups in total. The molecule has 0 aliphatic rings. The smallest absolute Gasteiger partial charge is 0.337 e. The SMILES string of the molecule is COC(=O)c1ccc2c(=O)n(-c3ccc(CC(=O)NCC(C)C)cc3)c(=S)[nH]c2c1. The van der Waals surface area contributed by atoms with Crippen molar-refractivity contribution < 1.29 is 14.3 Å². The Morgan fingerprint density at radius 1 is 1.17 bits per heavy atom. The standard InChI is InChI=1S/C22H23N3O4S/c1-13(2)12-23-19(26)10-14-4-7-16(8-5-14)25-20(27)17-9-6-15(21(28)29-3)11-18(17)24-22(25)30/h4-9,11,13H,10,12H2,1-3H3,(H,23,26)(H,24,30). The van der Waals surface area contributed by atoms with Gasteiger partial charge in [-0.15, -0.1) is 0 Å². The summed E-state index contributed by atoms with van der Waals surface area (Å²) in [5.41, 5.74) is 1.92. The summed E-state index contributed by atoms with van der Waals surface area (Å²) in [6.07, 6.45) is 0.267. The summed E-state index contributed by atoms with van der Waals surface area (Å²) in [6.45, 7) is 4.71. The lowest BCUT2D eigenvalue weighted by Gasteiger charge is -2.10. The molecule has 8 heteroatoms. The third kappa shape index (κ3) is 4.65. The number of benzene rings is 2.